The van der Waals surface area contributed by atoms with E-state index in [2.05, 4.69) is 6.58 Å². The van der Waals surface area contributed by atoms with Crippen LogP contribution in [0.4, 0.5) is 0 Å². The molecule has 0 rings (SSSR count). The fourth-order valence-electron chi connectivity index (χ4n) is 1.10. The molecule has 0 amide bonds. The minimum atomic E-state index is -0.980. The van der Waals surface area contributed by atoms with E-state index in [1.807, 2.05) is 0 Å². The Morgan fingerprint density at radius 3 is 2.25 bits per heavy atom. The number of hydrogen-bond acceptors (Lipinski definition) is 5. The highest BCUT2D eigenvalue weighted by Gasteiger charge is 2.33. The first-order valence-electron chi connectivity index (χ1n) is 5.21. The molecule has 0 fully saturated rings. The molecule has 5 heteroatoms. The molecule has 0 spiro atoms. The Labute approximate surface area is 96.0 Å². The van der Waals surface area contributed by atoms with Crippen LogP contribution in [0.25, 0.3) is 0 Å². The van der Waals surface area contributed by atoms with Crippen LogP contribution in [-0.2, 0) is 4.74 Å². The second-order valence-electron chi connectivity index (χ2n) is 4.46. The van der Waals surface area contributed by atoms with Crippen LogP contribution in [0.1, 0.15) is 13.8 Å². The van der Waals surface area contributed by atoms with Crippen LogP contribution in [0.5, 0.6) is 0 Å². The average molecular weight is 234 g/mol. The lowest BCUT2D eigenvalue weighted by Gasteiger charge is -2.33. The highest BCUT2D eigenvalue weighted by molar-refractivity contribution is 4.93. The molecule has 3 atom stereocenters. The topological polar surface area (TPSA) is 90.2 Å². The SMILES string of the molecule is C=CC(OCC(O)CO)C(O)C(C)(C)CO. The third-order valence-corrected chi connectivity index (χ3v) is 2.44. The van der Waals surface area contributed by atoms with Crippen molar-refractivity contribution in [2.24, 2.45) is 5.41 Å². The van der Waals surface area contributed by atoms with E-state index >= 15 is 0 Å². The van der Waals surface area contributed by atoms with Crippen LogP contribution in [0, 0.1) is 5.41 Å². The fraction of sp³-hybridized carbons (Fsp3) is 0.818. The fourth-order valence-corrected chi connectivity index (χ4v) is 1.10. The van der Waals surface area contributed by atoms with Crippen molar-refractivity contribution >= 4 is 0 Å². The second-order valence-corrected chi connectivity index (χ2v) is 4.46. The van der Waals surface area contributed by atoms with Crippen molar-refractivity contribution < 1.29 is 25.2 Å². The summed E-state index contributed by atoms with van der Waals surface area (Å²) in [5, 5.41) is 36.7. The van der Waals surface area contributed by atoms with Gasteiger partial charge >= 0.3 is 0 Å². The number of rotatable bonds is 8. The summed E-state index contributed by atoms with van der Waals surface area (Å²) in [4.78, 5) is 0. The molecular weight excluding hydrogens is 212 g/mol. The van der Waals surface area contributed by atoms with Gasteiger partial charge < -0.3 is 25.2 Å². The van der Waals surface area contributed by atoms with Crippen LogP contribution in [0.2, 0.25) is 0 Å². The van der Waals surface area contributed by atoms with E-state index in [1.54, 1.807) is 13.8 Å². The second kappa shape index (κ2) is 6.98. The Morgan fingerprint density at radius 2 is 1.88 bits per heavy atom. The zero-order chi connectivity index (χ0) is 12.8. The molecule has 16 heavy (non-hydrogen) atoms. The summed E-state index contributed by atoms with van der Waals surface area (Å²) in [5.74, 6) is 0. The van der Waals surface area contributed by atoms with Gasteiger partial charge in [0, 0.05) is 5.41 Å². The number of aliphatic hydroxyl groups excluding tert-OH is 4. The highest BCUT2D eigenvalue weighted by atomic mass is 16.5. The Kier molecular flexibility index (Phi) is 6.78. The third kappa shape index (κ3) is 4.59. The predicted molar refractivity (Wildman–Crippen MR) is 59.9 cm³/mol. The van der Waals surface area contributed by atoms with Gasteiger partial charge in [0.1, 0.15) is 12.2 Å². The number of hydrogen-bond donors (Lipinski definition) is 4. The van der Waals surface area contributed by atoms with E-state index in [9.17, 15) is 5.11 Å². The van der Waals surface area contributed by atoms with Gasteiger partial charge in [0.2, 0.25) is 0 Å². The molecule has 4 N–H and O–H groups in total. The lowest BCUT2D eigenvalue weighted by atomic mass is 9.84. The lowest BCUT2D eigenvalue weighted by molar-refractivity contribution is -0.0996. The summed E-state index contributed by atoms with van der Waals surface area (Å²) in [6, 6.07) is 0. The molecule has 0 aliphatic rings. The standard InChI is InChI=1S/C11H22O5/c1-4-9(16-6-8(14)5-12)10(15)11(2,3)7-13/h4,8-10,12-15H,1,5-7H2,2-3H3. The van der Waals surface area contributed by atoms with E-state index in [-0.39, 0.29) is 13.2 Å². The maximum absolute atomic E-state index is 9.92. The van der Waals surface area contributed by atoms with Gasteiger partial charge in [0.15, 0.2) is 0 Å². The minimum Gasteiger partial charge on any atom is -0.396 e. The Hall–Kier alpha value is -0.460. The zero-order valence-corrected chi connectivity index (χ0v) is 9.83. The smallest absolute Gasteiger partial charge is 0.102 e. The summed E-state index contributed by atoms with van der Waals surface area (Å²) >= 11 is 0. The van der Waals surface area contributed by atoms with Crippen molar-refractivity contribution in [2.45, 2.75) is 32.2 Å². The minimum absolute atomic E-state index is 0.0915. The Morgan fingerprint density at radius 1 is 1.31 bits per heavy atom. The van der Waals surface area contributed by atoms with Gasteiger partial charge in [-0.2, -0.15) is 0 Å². The molecule has 0 aromatic heterocycles. The van der Waals surface area contributed by atoms with Crippen LogP contribution < -0.4 is 0 Å². The van der Waals surface area contributed by atoms with Crippen molar-refractivity contribution in [1.82, 2.24) is 0 Å². The Balaban J connectivity index is 4.33. The molecule has 5 nitrogen and oxygen atoms in total. The number of ether oxygens (including phenoxy) is 1. The van der Waals surface area contributed by atoms with Crippen molar-refractivity contribution in [3.8, 4) is 0 Å². The van der Waals surface area contributed by atoms with Crippen LogP contribution in [0.3, 0.4) is 0 Å². The number of aliphatic hydroxyl groups is 4. The predicted octanol–water partition coefficient (Wildman–Crippen LogP) is -0.710. The van der Waals surface area contributed by atoms with Gasteiger partial charge in [0.25, 0.3) is 0 Å². The molecule has 0 aliphatic carbocycles. The molecule has 0 bridgehead atoms. The molecule has 0 aliphatic heterocycles. The van der Waals surface area contributed by atoms with Crippen LogP contribution in [-0.4, -0.2) is 58.6 Å². The summed E-state index contributed by atoms with van der Waals surface area (Å²) in [6.45, 7) is 6.23. The van der Waals surface area contributed by atoms with Gasteiger partial charge in [-0.15, -0.1) is 6.58 Å². The van der Waals surface area contributed by atoms with Gasteiger partial charge in [-0.05, 0) is 0 Å². The van der Waals surface area contributed by atoms with Crippen LogP contribution >= 0.6 is 0 Å². The molecule has 0 radical (unpaired) electrons. The molecule has 96 valence electrons. The van der Waals surface area contributed by atoms with Crippen molar-refractivity contribution in [3.05, 3.63) is 12.7 Å². The maximum atomic E-state index is 9.92. The Bertz CT molecular complexity index is 205. The largest absolute Gasteiger partial charge is 0.396 e. The third-order valence-electron chi connectivity index (χ3n) is 2.44. The monoisotopic (exact) mass is 234 g/mol. The van der Waals surface area contributed by atoms with E-state index in [4.69, 9.17) is 20.1 Å². The van der Waals surface area contributed by atoms with E-state index in [1.165, 1.54) is 6.08 Å². The summed E-state index contributed by atoms with van der Waals surface area (Å²) < 4.78 is 5.20. The van der Waals surface area contributed by atoms with Gasteiger partial charge in [0.05, 0.1) is 25.9 Å². The molecule has 0 saturated heterocycles. The van der Waals surface area contributed by atoms with E-state index in [0.717, 1.165) is 0 Å². The molecule has 3 unspecified atom stereocenters. The first-order valence-corrected chi connectivity index (χ1v) is 5.21. The molecule has 0 saturated carbocycles. The van der Waals surface area contributed by atoms with Gasteiger partial charge in [-0.3, -0.25) is 0 Å². The normalized spacial score (nSPS) is 17.9. The molecule has 0 aromatic rings. The summed E-state index contributed by atoms with van der Waals surface area (Å²) in [6.07, 6.45) is -1.19. The van der Waals surface area contributed by atoms with Gasteiger partial charge in [-0.1, -0.05) is 19.9 Å². The first kappa shape index (κ1) is 15.5. The first-order chi connectivity index (χ1) is 7.38. The molecule has 0 heterocycles. The van der Waals surface area contributed by atoms with Crippen molar-refractivity contribution in [2.75, 3.05) is 19.8 Å². The lowest BCUT2D eigenvalue weighted by Crippen LogP contribution is -2.43. The summed E-state index contributed by atoms with van der Waals surface area (Å²) in [7, 11) is 0. The van der Waals surface area contributed by atoms with Crippen molar-refractivity contribution in [3.63, 3.8) is 0 Å². The average Bonchev–Trinajstić information content (AvgIpc) is 2.29. The zero-order valence-electron chi connectivity index (χ0n) is 9.83. The van der Waals surface area contributed by atoms with E-state index in [0.29, 0.717) is 0 Å². The van der Waals surface area contributed by atoms with Crippen LogP contribution in [0.15, 0.2) is 12.7 Å². The van der Waals surface area contributed by atoms with E-state index < -0.39 is 30.3 Å². The van der Waals surface area contributed by atoms with Gasteiger partial charge in [-0.25, -0.2) is 0 Å². The highest BCUT2D eigenvalue weighted by Crippen LogP contribution is 2.24. The van der Waals surface area contributed by atoms with Crippen molar-refractivity contribution in [1.29, 1.82) is 0 Å². The molecular formula is C11H22O5. The maximum Gasteiger partial charge on any atom is 0.102 e. The quantitative estimate of drug-likeness (QED) is 0.417. The molecule has 0 aromatic carbocycles. The summed E-state index contributed by atoms with van der Waals surface area (Å²) in [5.41, 5.74) is -0.719.